The monoisotopic (exact) mass is 239 g/mol. The number of para-hydroxylation sites is 1. The van der Waals surface area contributed by atoms with Gasteiger partial charge in [0.1, 0.15) is 10.6 Å². The number of hydrogen-bond donors (Lipinski definition) is 2. The Bertz CT molecular complexity index is 551. The predicted molar refractivity (Wildman–Crippen MR) is 59.5 cm³/mol. The quantitative estimate of drug-likeness (QED) is 0.744. The van der Waals surface area contributed by atoms with Crippen LogP contribution in [0.3, 0.4) is 0 Å². The first-order valence-electron chi connectivity index (χ1n) is 4.41. The minimum absolute atomic E-state index is 0.199. The topological polar surface area (TPSA) is 82.0 Å². The summed E-state index contributed by atoms with van der Waals surface area (Å²) in [6, 6.07) is 6.02. The van der Waals surface area contributed by atoms with Gasteiger partial charge in [-0.25, -0.2) is 0 Å². The molecule has 84 valence electrons. The zero-order valence-corrected chi connectivity index (χ0v) is 8.92. The lowest BCUT2D eigenvalue weighted by molar-refractivity contribution is 0.482. The lowest BCUT2D eigenvalue weighted by Crippen LogP contribution is -2.32. The van der Waals surface area contributed by atoms with Crippen LogP contribution in [0.2, 0.25) is 0 Å². The lowest BCUT2D eigenvalue weighted by atomic mass is 10.3. The minimum Gasteiger partial charge on any atom is -0.285 e. The number of hydrogen-bond acceptors (Lipinski definition) is 5. The summed E-state index contributed by atoms with van der Waals surface area (Å²) in [4.78, 5) is -0.199. The van der Waals surface area contributed by atoms with E-state index in [2.05, 4.69) is 10.5 Å². The Morgan fingerprint density at radius 2 is 2.06 bits per heavy atom. The summed E-state index contributed by atoms with van der Waals surface area (Å²) in [5.74, 6) is 0. The van der Waals surface area contributed by atoms with Crippen molar-refractivity contribution in [1.82, 2.24) is 5.43 Å². The van der Waals surface area contributed by atoms with Gasteiger partial charge in [-0.05, 0) is 18.2 Å². The summed E-state index contributed by atoms with van der Waals surface area (Å²) < 4.78 is 31.3. The second kappa shape index (κ2) is 3.95. The van der Waals surface area contributed by atoms with E-state index in [0.717, 1.165) is 0 Å². The molecule has 2 N–H and O–H groups in total. The molecule has 0 unspecified atom stereocenters. The van der Waals surface area contributed by atoms with E-state index >= 15 is 0 Å². The molecule has 0 spiro atoms. The van der Waals surface area contributed by atoms with Crippen LogP contribution in [0.1, 0.15) is 0 Å². The first-order valence-corrected chi connectivity index (χ1v) is 5.85. The molecule has 0 aromatic heterocycles. The van der Waals surface area contributed by atoms with Gasteiger partial charge in [-0.1, -0.05) is 12.1 Å². The maximum atomic E-state index is 11.1. The Morgan fingerprint density at radius 1 is 1.31 bits per heavy atom. The molecule has 0 fully saturated rings. The number of rotatable bonds is 2. The van der Waals surface area contributed by atoms with Crippen molar-refractivity contribution in [3.05, 3.63) is 36.5 Å². The zero-order valence-electron chi connectivity index (χ0n) is 8.11. The number of benzene rings is 1. The van der Waals surface area contributed by atoms with Crippen LogP contribution in [0.15, 0.2) is 46.5 Å². The van der Waals surface area contributed by atoms with Gasteiger partial charge in [0.05, 0.1) is 6.21 Å². The van der Waals surface area contributed by atoms with Gasteiger partial charge in [0.2, 0.25) is 0 Å². The Kier molecular flexibility index (Phi) is 2.63. The van der Waals surface area contributed by atoms with Crippen molar-refractivity contribution in [1.29, 1.82) is 0 Å². The minimum atomic E-state index is -4.26. The van der Waals surface area contributed by atoms with Crippen LogP contribution in [0.5, 0.6) is 0 Å². The van der Waals surface area contributed by atoms with E-state index in [4.69, 9.17) is 4.55 Å². The molecule has 0 saturated heterocycles. The average molecular weight is 239 g/mol. The number of hydrazone groups is 1. The fraction of sp³-hybridized carbons (Fsp3) is 0. The predicted octanol–water partition coefficient (Wildman–Crippen LogP) is 0.757. The third-order valence-electron chi connectivity index (χ3n) is 1.93. The highest BCUT2D eigenvalue weighted by Gasteiger charge is 2.19. The van der Waals surface area contributed by atoms with Crippen LogP contribution in [-0.2, 0) is 10.1 Å². The molecule has 1 aliphatic rings. The van der Waals surface area contributed by atoms with E-state index < -0.39 is 10.1 Å². The first kappa shape index (κ1) is 10.7. The molecule has 1 aliphatic heterocycles. The summed E-state index contributed by atoms with van der Waals surface area (Å²) in [7, 11) is -4.26. The smallest absolute Gasteiger partial charge is 0.285 e. The van der Waals surface area contributed by atoms with Crippen LogP contribution < -0.4 is 10.5 Å². The van der Waals surface area contributed by atoms with Crippen LogP contribution in [0.4, 0.5) is 5.69 Å². The fourth-order valence-electron chi connectivity index (χ4n) is 1.28. The van der Waals surface area contributed by atoms with Gasteiger partial charge in [-0.3, -0.25) is 9.98 Å². The zero-order chi connectivity index (χ0) is 11.6. The van der Waals surface area contributed by atoms with E-state index in [9.17, 15) is 8.42 Å². The molecule has 0 atom stereocenters. The molecule has 1 aromatic rings. The first-order chi connectivity index (χ1) is 7.59. The summed E-state index contributed by atoms with van der Waals surface area (Å²) in [6.07, 6.45) is 4.75. The van der Waals surface area contributed by atoms with E-state index in [1.165, 1.54) is 29.5 Å². The Balaban J connectivity index is 2.49. The molecule has 1 heterocycles. The number of nitrogens with one attached hydrogen (secondary N) is 1. The summed E-state index contributed by atoms with van der Waals surface area (Å²) in [6.45, 7) is 0. The highest BCUT2D eigenvalue weighted by molar-refractivity contribution is 7.86. The standard InChI is InChI=1S/C9H9N3O3S/c13-16(14,15)9-5-2-1-4-8(9)12-10-6-3-7-11-12/h1-7,10H,(H,13,14,15). The number of anilines is 1. The van der Waals surface area contributed by atoms with Crippen molar-refractivity contribution in [3.8, 4) is 0 Å². The highest BCUT2D eigenvalue weighted by Crippen LogP contribution is 2.24. The molecule has 0 saturated carbocycles. The molecule has 0 aliphatic carbocycles. The normalized spacial score (nSPS) is 14.9. The second-order valence-electron chi connectivity index (χ2n) is 3.01. The molecule has 6 nitrogen and oxygen atoms in total. The summed E-state index contributed by atoms with van der Waals surface area (Å²) in [5.41, 5.74) is 2.98. The molecule has 1 aromatic carbocycles. The molecule has 16 heavy (non-hydrogen) atoms. The van der Waals surface area contributed by atoms with Gasteiger partial charge in [0.25, 0.3) is 10.1 Å². The van der Waals surface area contributed by atoms with Crippen LogP contribution in [0, 0.1) is 0 Å². The van der Waals surface area contributed by atoms with E-state index in [1.807, 2.05) is 0 Å². The molecule has 0 bridgehead atoms. The van der Waals surface area contributed by atoms with Crippen molar-refractivity contribution >= 4 is 22.0 Å². The fourth-order valence-corrected chi connectivity index (χ4v) is 1.95. The highest BCUT2D eigenvalue weighted by atomic mass is 32.2. The lowest BCUT2D eigenvalue weighted by Gasteiger charge is -2.21. The van der Waals surface area contributed by atoms with Gasteiger partial charge in [-0.2, -0.15) is 18.6 Å². The molecular weight excluding hydrogens is 230 g/mol. The largest absolute Gasteiger partial charge is 0.296 e. The van der Waals surface area contributed by atoms with Gasteiger partial charge in [0, 0.05) is 6.20 Å². The van der Waals surface area contributed by atoms with Crippen molar-refractivity contribution < 1.29 is 13.0 Å². The van der Waals surface area contributed by atoms with Crippen LogP contribution in [-0.4, -0.2) is 19.2 Å². The van der Waals surface area contributed by atoms with Crippen molar-refractivity contribution in [2.45, 2.75) is 4.90 Å². The van der Waals surface area contributed by atoms with Crippen molar-refractivity contribution in [2.24, 2.45) is 5.10 Å². The second-order valence-corrected chi connectivity index (χ2v) is 4.40. The average Bonchev–Trinajstić information content (AvgIpc) is 2.29. The summed E-state index contributed by atoms with van der Waals surface area (Å²) >= 11 is 0. The molecule has 2 rings (SSSR count). The molecule has 0 radical (unpaired) electrons. The van der Waals surface area contributed by atoms with E-state index in [-0.39, 0.29) is 10.6 Å². The maximum Gasteiger partial charge on any atom is 0.296 e. The third kappa shape index (κ3) is 2.05. The van der Waals surface area contributed by atoms with Crippen LogP contribution in [0.25, 0.3) is 0 Å². The van der Waals surface area contributed by atoms with Gasteiger partial charge >= 0.3 is 0 Å². The molecule has 7 heteroatoms. The third-order valence-corrected chi connectivity index (χ3v) is 2.83. The number of nitrogens with zero attached hydrogens (tertiary/aromatic N) is 2. The Morgan fingerprint density at radius 3 is 2.69 bits per heavy atom. The van der Waals surface area contributed by atoms with Gasteiger partial charge < -0.3 is 0 Å². The summed E-state index contributed by atoms with van der Waals surface area (Å²) in [5, 5.41) is 5.16. The SMILES string of the molecule is O=S(=O)(O)c1ccccc1N1N=CC=CN1. The van der Waals surface area contributed by atoms with E-state index in [0.29, 0.717) is 0 Å². The van der Waals surface area contributed by atoms with Gasteiger partial charge in [0.15, 0.2) is 0 Å². The van der Waals surface area contributed by atoms with Crippen LogP contribution >= 0.6 is 0 Å². The van der Waals surface area contributed by atoms with E-state index in [1.54, 1.807) is 18.3 Å². The van der Waals surface area contributed by atoms with Crippen molar-refractivity contribution in [3.63, 3.8) is 0 Å². The maximum absolute atomic E-state index is 11.1. The Labute approximate surface area is 92.6 Å². The molecule has 0 amide bonds. The number of allylic oxidation sites excluding steroid dienone is 1. The molecular formula is C9H9N3O3S. The van der Waals surface area contributed by atoms with Gasteiger partial charge in [-0.15, -0.1) is 0 Å². The number of hydrazine groups is 1. The van der Waals surface area contributed by atoms with Crippen molar-refractivity contribution in [2.75, 3.05) is 5.12 Å². The Hall–Kier alpha value is -1.86.